The van der Waals surface area contributed by atoms with Gasteiger partial charge < -0.3 is 19.9 Å². The molecule has 0 radical (unpaired) electrons. The summed E-state index contributed by atoms with van der Waals surface area (Å²) in [6.07, 6.45) is 3.55. The number of nitrogens with zero attached hydrogens (tertiary/aromatic N) is 2. The van der Waals surface area contributed by atoms with E-state index >= 15 is 0 Å². The lowest BCUT2D eigenvalue weighted by Crippen LogP contribution is -2.41. The van der Waals surface area contributed by atoms with Gasteiger partial charge >= 0.3 is 5.97 Å². The Labute approximate surface area is 171 Å². The second kappa shape index (κ2) is 10.7. The first-order chi connectivity index (χ1) is 14.2. The lowest BCUT2D eigenvalue weighted by Gasteiger charge is -2.32. The van der Waals surface area contributed by atoms with Crippen molar-refractivity contribution in [2.75, 3.05) is 38.2 Å². The zero-order valence-corrected chi connectivity index (χ0v) is 16.8. The van der Waals surface area contributed by atoms with Crippen LogP contribution in [0, 0.1) is 0 Å². The van der Waals surface area contributed by atoms with Crippen molar-refractivity contribution in [2.45, 2.75) is 32.2 Å². The minimum atomic E-state index is -0.356. The number of pyridine rings is 1. The molecule has 1 fully saturated rings. The van der Waals surface area contributed by atoms with Gasteiger partial charge in [0, 0.05) is 37.4 Å². The molecule has 7 heteroatoms. The van der Waals surface area contributed by atoms with E-state index in [0.29, 0.717) is 24.6 Å². The Bertz CT molecular complexity index is 777. The van der Waals surface area contributed by atoms with E-state index in [4.69, 9.17) is 9.47 Å². The fourth-order valence-corrected chi connectivity index (χ4v) is 3.41. The van der Waals surface area contributed by atoms with Crippen LogP contribution in [-0.4, -0.2) is 59.8 Å². The van der Waals surface area contributed by atoms with E-state index in [9.17, 15) is 9.90 Å². The molecule has 0 spiro atoms. The largest absolute Gasteiger partial charge is 0.504 e. The van der Waals surface area contributed by atoms with E-state index in [0.717, 1.165) is 38.2 Å². The lowest BCUT2D eigenvalue weighted by molar-refractivity contribution is -0.142. The van der Waals surface area contributed by atoms with Crippen LogP contribution in [0.1, 0.15) is 25.3 Å². The van der Waals surface area contributed by atoms with E-state index in [1.807, 2.05) is 30.3 Å². The van der Waals surface area contributed by atoms with Crippen molar-refractivity contribution >= 4 is 11.8 Å². The molecular weight excluding hydrogens is 370 g/mol. The van der Waals surface area contributed by atoms with E-state index in [1.54, 1.807) is 19.2 Å². The number of para-hydroxylation sites is 1. The van der Waals surface area contributed by atoms with Crippen molar-refractivity contribution in [3.63, 3.8) is 0 Å². The zero-order chi connectivity index (χ0) is 20.5. The number of likely N-dealkylation sites (tertiary alicyclic amines) is 1. The molecule has 29 heavy (non-hydrogen) atoms. The van der Waals surface area contributed by atoms with Crippen LogP contribution in [0.15, 0.2) is 42.6 Å². The summed E-state index contributed by atoms with van der Waals surface area (Å²) >= 11 is 0. The maximum Gasteiger partial charge on any atom is 0.310 e. The van der Waals surface area contributed by atoms with Gasteiger partial charge in [0.05, 0.1) is 13.0 Å². The maximum atomic E-state index is 11.7. The molecule has 0 amide bonds. The Morgan fingerprint density at radius 1 is 1.24 bits per heavy atom. The van der Waals surface area contributed by atoms with Gasteiger partial charge in [-0.1, -0.05) is 18.2 Å². The Kier molecular flexibility index (Phi) is 7.69. The molecule has 3 rings (SSSR count). The number of hydrogen-bond donors (Lipinski definition) is 2. The van der Waals surface area contributed by atoms with Crippen LogP contribution in [0.5, 0.6) is 11.5 Å². The lowest BCUT2D eigenvalue weighted by atomic mass is 10.0. The molecule has 7 nitrogen and oxygen atoms in total. The molecule has 0 bridgehead atoms. The monoisotopic (exact) mass is 399 g/mol. The number of aromatic nitrogens is 1. The molecule has 0 saturated carbocycles. The average Bonchev–Trinajstić information content (AvgIpc) is 2.73. The minimum absolute atomic E-state index is 0.0271. The van der Waals surface area contributed by atoms with Crippen LogP contribution in [0.2, 0.25) is 0 Å². The minimum Gasteiger partial charge on any atom is -0.504 e. The standard InChI is InChI=1S/C22H29N3O4/c1-2-28-20(26)16-17-8-11-23-22(21(17)27)24-18-9-12-25(13-10-18)14-15-29-19-6-4-3-5-7-19/h3-8,11,18,27H,2,9-10,12-16H2,1H3,(H,23,24). The van der Waals surface area contributed by atoms with Crippen LogP contribution in [0.3, 0.4) is 0 Å². The van der Waals surface area contributed by atoms with E-state index < -0.39 is 0 Å². The number of aromatic hydroxyl groups is 1. The first-order valence-corrected chi connectivity index (χ1v) is 10.1. The van der Waals surface area contributed by atoms with Gasteiger partial charge in [0.2, 0.25) is 0 Å². The molecule has 1 aromatic carbocycles. The predicted octanol–water partition coefficient (Wildman–Crippen LogP) is 2.85. The Morgan fingerprint density at radius 3 is 2.72 bits per heavy atom. The fourth-order valence-electron chi connectivity index (χ4n) is 3.41. The van der Waals surface area contributed by atoms with Crippen molar-refractivity contribution in [1.82, 2.24) is 9.88 Å². The summed E-state index contributed by atoms with van der Waals surface area (Å²) in [4.78, 5) is 18.3. The van der Waals surface area contributed by atoms with Gasteiger partial charge in [-0.05, 0) is 38.0 Å². The second-order valence-corrected chi connectivity index (χ2v) is 7.07. The number of carbonyl (C=O) groups excluding carboxylic acids is 1. The topological polar surface area (TPSA) is 83.9 Å². The smallest absolute Gasteiger partial charge is 0.310 e. The summed E-state index contributed by atoms with van der Waals surface area (Å²) in [5.41, 5.74) is 0.524. The summed E-state index contributed by atoms with van der Waals surface area (Å²) < 4.78 is 10.7. The van der Waals surface area contributed by atoms with Crippen LogP contribution in [0.4, 0.5) is 5.82 Å². The summed E-state index contributed by atoms with van der Waals surface area (Å²) in [7, 11) is 0. The molecule has 2 N–H and O–H groups in total. The molecule has 2 aromatic rings. The van der Waals surface area contributed by atoms with Crippen molar-refractivity contribution in [1.29, 1.82) is 0 Å². The Hall–Kier alpha value is -2.80. The van der Waals surface area contributed by atoms with Gasteiger partial charge in [-0.3, -0.25) is 9.69 Å². The Balaban J connectivity index is 1.44. The first-order valence-electron chi connectivity index (χ1n) is 10.1. The van der Waals surface area contributed by atoms with Crippen molar-refractivity contribution in [3.8, 4) is 11.5 Å². The highest BCUT2D eigenvalue weighted by Crippen LogP contribution is 2.27. The maximum absolute atomic E-state index is 11.7. The van der Waals surface area contributed by atoms with Gasteiger partial charge in [-0.25, -0.2) is 4.98 Å². The van der Waals surface area contributed by atoms with Gasteiger partial charge in [0.15, 0.2) is 11.6 Å². The SMILES string of the molecule is CCOC(=O)Cc1ccnc(NC2CCN(CCOc3ccccc3)CC2)c1O. The first kappa shape index (κ1) is 20.9. The number of piperidine rings is 1. The summed E-state index contributed by atoms with van der Waals surface area (Å²) in [5.74, 6) is 0.996. The van der Waals surface area contributed by atoms with Crippen molar-refractivity contribution < 1.29 is 19.4 Å². The molecule has 0 atom stereocenters. The molecule has 2 heterocycles. The number of anilines is 1. The molecular formula is C22H29N3O4. The zero-order valence-electron chi connectivity index (χ0n) is 16.8. The number of carbonyl (C=O) groups is 1. The second-order valence-electron chi connectivity index (χ2n) is 7.07. The van der Waals surface area contributed by atoms with Gasteiger partial charge in [0.1, 0.15) is 12.4 Å². The third kappa shape index (κ3) is 6.35. The van der Waals surface area contributed by atoms with E-state index in [1.165, 1.54) is 0 Å². The third-order valence-corrected chi connectivity index (χ3v) is 5.00. The predicted molar refractivity (Wildman–Crippen MR) is 111 cm³/mol. The normalized spacial score (nSPS) is 15.1. The third-order valence-electron chi connectivity index (χ3n) is 5.00. The van der Waals surface area contributed by atoms with Crippen molar-refractivity contribution in [3.05, 3.63) is 48.2 Å². The molecule has 0 aliphatic carbocycles. The molecule has 156 valence electrons. The average molecular weight is 399 g/mol. The van der Waals surface area contributed by atoms with Crippen LogP contribution in [0.25, 0.3) is 0 Å². The number of ether oxygens (including phenoxy) is 2. The van der Waals surface area contributed by atoms with Gasteiger partial charge in [-0.15, -0.1) is 0 Å². The van der Waals surface area contributed by atoms with Crippen LogP contribution in [-0.2, 0) is 16.0 Å². The highest BCUT2D eigenvalue weighted by Gasteiger charge is 2.21. The fraction of sp³-hybridized carbons (Fsp3) is 0.455. The summed E-state index contributed by atoms with van der Waals surface area (Å²) in [6.45, 7) is 5.56. The molecule has 0 unspecified atom stereocenters. The highest BCUT2D eigenvalue weighted by molar-refractivity contribution is 5.74. The van der Waals surface area contributed by atoms with Crippen LogP contribution >= 0.6 is 0 Å². The highest BCUT2D eigenvalue weighted by atomic mass is 16.5. The number of benzene rings is 1. The molecule has 1 aliphatic heterocycles. The number of rotatable bonds is 9. The number of nitrogens with one attached hydrogen (secondary N) is 1. The quantitative estimate of drug-likeness (QED) is 0.627. The van der Waals surface area contributed by atoms with E-state index in [2.05, 4.69) is 15.2 Å². The Morgan fingerprint density at radius 2 is 2.00 bits per heavy atom. The number of hydrogen-bond acceptors (Lipinski definition) is 7. The summed E-state index contributed by atoms with van der Waals surface area (Å²) in [5, 5.41) is 13.8. The molecule has 1 aliphatic rings. The van der Waals surface area contributed by atoms with Crippen molar-refractivity contribution in [2.24, 2.45) is 0 Å². The van der Waals surface area contributed by atoms with E-state index in [-0.39, 0.29) is 24.2 Å². The molecule has 1 aromatic heterocycles. The molecule has 1 saturated heterocycles. The van der Waals surface area contributed by atoms with Gasteiger partial charge in [0.25, 0.3) is 0 Å². The number of esters is 1. The summed E-state index contributed by atoms with van der Waals surface area (Å²) in [6, 6.07) is 11.7. The van der Waals surface area contributed by atoms with Gasteiger partial charge in [-0.2, -0.15) is 0 Å². The van der Waals surface area contributed by atoms with Crippen LogP contribution < -0.4 is 10.1 Å².